The number of unbranched alkanes of at least 4 members (excludes halogenated alkanes) is 1. The number of nitrogens with two attached hydrogens (primary N) is 1. The molecule has 0 bridgehead atoms. The van der Waals surface area contributed by atoms with Crippen molar-refractivity contribution in [2.45, 2.75) is 25.4 Å². The van der Waals surface area contributed by atoms with Crippen molar-refractivity contribution in [1.82, 2.24) is 0 Å². The SMILES string of the molecule is Nc1ccccc1NC(=O)/C=C/CCC[C@H](OC(=O)Nc1ccc(Br)cc1)c1ccccc1OCCO. The molecule has 0 unspecified atom stereocenters. The largest absolute Gasteiger partial charge is 0.491 e. The van der Waals surface area contributed by atoms with Gasteiger partial charge in [0.15, 0.2) is 0 Å². The van der Waals surface area contributed by atoms with Gasteiger partial charge in [0.2, 0.25) is 5.91 Å². The third-order valence-corrected chi connectivity index (χ3v) is 5.81. The van der Waals surface area contributed by atoms with Gasteiger partial charge in [0.05, 0.1) is 18.0 Å². The number of benzene rings is 3. The Morgan fingerprint density at radius 2 is 1.73 bits per heavy atom. The number of halogens is 1. The normalized spacial score (nSPS) is 11.6. The second-order valence-electron chi connectivity index (χ2n) is 8.05. The van der Waals surface area contributed by atoms with Gasteiger partial charge in [-0.2, -0.15) is 0 Å². The van der Waals surface area contributed by atoms with Crippen LogP contribution < -0.4 is 21.1 Å². The van der Waals surface area contributed by atoms with Crippen LogP contribution >= 0.6 is 15.9 Å². The van der Waals surface area contributed by atoms with Crippen LogP contribution in [0.2, 0.25) is 0 Å². The van der Waals surface area contributed by atoms with Crippen LogP contribution in [0.1, 0.15) is 30.9 Å². The molecule has 0 fully saturated rings. The summed E-state index contributed by atoms with van der Waals surface area (Å²) >= 11 is 3.37. The molecule has 0 aliphatic carbocycles. The third-order valence-electron chi connectivity index (χ3n) is 5.28. The summed E-state index contributed by atoms with van der Waals surface area (Å²) in [6.45, 7) is -0.00992. The molecule has 1 atom stereocenters. The Balaban J connectivity index is 1.62. The van der Waals surface area contributed by atoms with Crippen LogP contribution in [0.15, 0.2) is 89.4 Å². The number of para-hydroxylation sites is 3. The van der Waals surface area contributed by atoms with Crippen molar-refractivity contribution >= 4 is 45.0 Å². The second kappa shape index (κ2) is 14.7. The van der Waals surface area contributed by atoms with Gasteiger partial charge in [-0.3, -0.25) is 10.1 Å². The predicted molar refractivity (Wildman–Crippen MR) is 148 cm³/mol. The molecule has 3 rings (SSSR count). The minimum absolute atomic E-state index is 0.124. The van der Waals surface area contributed by atoms with Crippen molar-refractivity contribution in [3.8, 4) is 5.75 Å². The topological polar surface area (TPSA) is 123 Å². The van der Waals surface area contributed by atoms with E-state index in [1.807, 2.05) is 30.3 Å². The number of hydrogen-bond donors (Lipinski definition) is 4. The Hall–Kier alpha value is -3.82. The second-order valence-corrected chi connectivity index (χ2v) is 8.96. The summed E-state index contributed by atoms with van der Waals surface area (Å²) in [6.07, 6.45) is 3.75. The molecular weight excluding hydrogens is 538 g/mol. The summed E-state index contributed by atoms with van der Waals surface area (Å²) in [5.74, 6) is 0.260. The van der Waals surface area contributed by atoms with Crippen molar-refractivity contribution in [3.63, 3.8) is 0 Å². The molecule has 0 aliphatic heterocycles. The van der Waals surface area contributed by atoms with Gasteiger partial charge in [0, 0.05) is 15.7 Å². The first-order valence-corrected chi connectivity index (χ1v) is 12.6. The van der Waals surface area contributed by atoms with Crippen molar-refractivity contribution in [2.24, 2.45) is 0 Å². The van der Waals surface area contributed by atoms with Gasteiger partial charge in [-0.05, 0) is 67.8 Å². The Bertz CT molecular complexity index is 1200. The molecule has 0 aliphatic rings. The van der Waals surface area contributed by atoms with E-state index < -0.39 is 12.2 Å². The van der Waals surface area contributed by atoms with E-state index in [2.05, 4.69) is 26.6 Å². The zero-order valence-electron chi connectivity index (χ0n) is 20.2. The molecule has 2 amide bonds. The minimum Gasteiger partial charge on any atom is -0.491 e. The van der Waals surface area contributed by atoms with Gasteiger partial charge in [0.1, 0.15) is 18.5 Å². The number of amides is 2. The average Bonchev–Trinajstić information content (AvgIpc) is 2.89. The van der Waals surface area contributed by atoms with E-state index in [1.54, 1.807) is 48.5 Å². The molecule has 37 heavy (non-hydrogen) atoms. The van der Waals surface area contributed by atoms with E-state index in [4.69, 9.17) is 20.3 Å². The first-order valence-electron chi connectivity index (χ1n) is 11.8. The van der Waals surface area contributed by atoms with Crippen LogP contribution in [-0.4, -0.2) is 30.3 Å². The Morgan fingerprint density at radius 1 is 1.00 bits per heavy atom. The highest BCUT2D eigenvalue weighted by Gasteiger charge is 2.20. The molecule has 9 heteroatoms. The lowest BCUT2D eigenvalue weighted by Crippen LogP contribution is -2.18. The van der Waals surface area contributed by atoms with Gasteiger partial charge in [-0.15, -0.1) is 0 Å². The summed E-state index contributed by atoms with van der Waals surface area (Å²) in [6, 6.07) is 21.5. The number of carbonyl (C=O) groups excluding carboxylic acids is 2. The van der Waals surface area contributed by atoms with Gasteiger partial charge in [0.25, 0.3) is 0 Å². The average molecular weight is 568 g/mol. The summed E-state index contributed by atoms with van der Waals surface area (Å²) in [4.78, 5) is 24.9. The number of nitrogen functional groups attached to an aromatic ring is 1. The van der Waals surface area contributed by atoms with E-state index in [0.717, 1.165) is 4.47 Å². The highest BCUT2D eigenvalue weighted by molar-refractivity contribution is 9.10. The van der Waals surface area contributed by atoms with Crippen LogP contribution in [0.3, 0.4) is 0 Å². The highest BCUT2D eigenvalue weighted by Crippen LogP contribution is 2.32. The van der Waals surface area contributed by atoms with Gasteiger partial charge in [-0.1, -0.05) is 52.3 Å². The molecule has 0 saturated heterocycles. The molecular formula is C28H30BrN3O5. The standard InChI is InChI=1S/C28H30BrN3O5/c29-20-14-16-21(17-15-20)31-28(35)37-26(22-8-4-7-11-25(22)36-19-18-33)12-2-1-3-13-27(34)32-24-10-6-5-9-23(24)30/h3-11,13-17,26,33H,1-2,12,18-19,30H2,(H,31,35)(H,32,34)/b13-3+/t26-/m0/s1. The number of aliphatic hydroxyl groups is 1. The first kappa shape index (κ1) is 27.8. The van der Waals surface area contributed by atoms with E-state index in [-0.39, 0.29) is 19.1 Å². The molecule has 5 N–H and O–H groups in total. The summed E-state index contributed by atoms with van der Waals surface area (Å²) in [5, 5.41) is 14.7. The number of anilines is 3. The lowest BCUT2D eigenvalue weighted by Gasteiger charge is -2.21. The lowest BCUT2D eigenvalue weighted by molar-refractivity contribution is -0.111. The molecule has 8 nitrogen and oxygen atoms in total. The number of hydrogen-bond acceptors (Lipinski definition) is 6. The van der Waals surface area contributed by atoms with Crippen LogP contribution in [0, 0.1) is 0 Å². The summed E-state index contributed by atoms with van der Waals surface area (Å²) in [7, 11) is 0. The maximum atomic E-state index is 12.7. The van der Waals surface area contributed by atoms with E-state index in [0.29, 0.717) is 47.6 Å². The van der Waals surface area contributed by atoms with Crippen molar-refractivity contribution in [1.29, 1.82) is 0 Å². The van der Waals surface area contributed by atoms with Crippen LogP contribution in [-0.2, 0) is 9.53 Å². The first-order chi connectivity index (χ1) is 18.0. The molecule has 3 aromatic rings. The Morgan fingerprint density at radius 3 is 2.49 bits per heavy atom. The van der Waals surface area contributed by atoms with E-state index >= 15 is 0 Å². The predicted octanol–water partition coefficient (Wildman–Crippen LogP) is 6.06. The smallest absolute Gasteiger partial charge is 0.412 e. The third kappa shape index (κ3) is 9.29. The summed E-state index contributed by atoms with van der Waals surface area (Å²) in [5.41, 5.74) is 8.21. The van der Waals surface area contributed by atoms with Crippen molar-refractivity contribution < 1.29 is 24.2 Å². The molecule has 3 aromatic carbocycles. The highest BCUT2D eigenvalue weighted by atomic mass is 79.9. The monoisotopic (exact) mass is 567 g/mol. The number of ether oxygens (including phenoxy) is 2. The minimum atomic E-state index is -0.600. The lowest BCUT2D eigenvalue weighted by atomic mass is 10.0. The van der Waals surface area contributed by atoms with Crippen molar-refractivity contribution in [3.05, 3.63) is 95.0 Å². The van der Waals surface area contributed by atoms with Gasteiger partial charge >= 0.3 is 6.09 Å². The Labute approximate surface area is 224 Å². The number of nitrogens with one attached hydrogen (secondary N) is 2. The fraction of sp³-hybridized carbons (Fsp3) is 0.214. The molecule has 194 valence electrons. The maximum Gasteiger partial charge on any atom is 0.412 e. The fourth-order valence-corrected chi connectivity index (χ4v) is 3.78. The number of aliphatic hydroxyl groups excluding tert-OH is 1. The molecule has 0 radical (unpaired) electrons. The zero-order valence-corrected chi connectivity index (χ0v) is 21.8. The number of carbonyl (C=O) groups is 2. The van der Waals surface area contributed by atoms with E-state index in [9.17, 15) is 9.59 Å². The van der Waals surface area contributed by atoms with Gasteiger partial charge < -0.3 is 25.6 Å². The number of allylic oxidation sites excluding steroid dienone is 1. The zero-order chi connectivity index (χ0) is 26.5. The van der Waals surface area contributed by atoms with Crippen LogP contribution in [0.4, 0.5) is 21.9 Å². The molecule has 0 saturated carbocycles. The van der Waals surface area contributed by atoms with Crippen LogP contribution in [0.25, 0.3) is 0 Å². The fourth-order valence-electron chi connectivity index (χ4n) is 3.52. The van der Waals surface area contributed by atoms with Crippen molar-refractivity contribution in [2.75, 3.05) is 29.6 Å². The van der Waals surface area contributed by atoms with Gasteiger partial charge in [-0.25, -0.2) is 4.79 Å². The number of rotatable bonds is 12. The molecule has 0 aromatic heterocycles. The summed E-state index contributed by atoms with van der Waals surface area (Å²) < 4.78 is 12.3. The quantitative estimate of drug-likeness (QED) is 0.120. The molecule has 0 heterocycles. The Kier molecular flexibility index (Phi) is 11.0. The van der Waals surface area contributed by atoms with E-state index in [1.165, 1.54) is 6.08 Å². The molecule has 0 spiro atoms. The maximum absolute atomic E-state index is 12.7. The van der Waals surface area contributed by atoms with Crippen LogP contribution in [0.5, 0.6) is 5.75 Å².